The maximum Gasteiger partial charge on any atom is 0.292 e. The number of piperidine rings is 1. The van der Waals surface area contributed by atoms with Crippen molar-refractivity contribution in [2.75, 3.05) is 24.8 Å². The van der Waals surface area contributed by atoms with Crippen molar-refractivity contribution in [1.82, 2.24) is 4.90 Å². The zero-order valence-corrected chi connectivity index (χ0v) is 18.7. The first-order valence-electron chi connectivity index (χ1n) is 11.8. The van der Waals surface area contributed by atoms with E-state index in [1.807, 2.05) is 29.2 Å². The van der Waals surface area contributed by atoms with Gasteiger partial charge in [0.2, 0.25) is 12.7 Å². The molecule has 8 heteroatoms. The van der Waals surface area contributed by atoms with Crippen molar-refractivity contribution in [2.24, 2.45) is 5.92 Å². The lowest BCUT2D eigenvalue weighted by molar-refractivity contribution is -0.384. The van der Waals surface area contributed by atoms with Gasteiger partial charge in [0, 0.05) is 37.7 Å². The average molecular weight is 452 g/mol. The third kappa shape index (κ3) is 4.47. The monoisotopic (exact) mass is 451 g/mol. The van der Waals surface area contributed by atoms with Crippen molar-refractivity contribution in [2.45, 2.75) is 51.1 Å². The summed E-state index contributed by atoms with van der Waals surface area (Å²) >= 11 is 0. The number of hydrogen-bond acceptors (Lipinski definition) is 6. The van der Waals surface area contributed by atoms with Crippen molar-refractivity contribution in [3.63, 3.8) is 0 Å². The van der Waals surface area contributed by atoms with Crippen LogP contribution >= 0.6 is 0 Å². The van der Waals surface area contributed by atoms with Gasteiger partial charge in [-0.05, 0) is 49.4 Å². The molecule has 0 aromatic heterocycles. The third-order valence-corrected chi connectivity index (χ3v) is 7.10. The van der Waals surface area contributed by atoms with Gasteiger partial charge in [-0.25, -0.2) is 0 Å². The summed E-state index contributed by atoms with van der Waals surface area (Å²) in [4.78, 5) is 28.9. The fraction of sp³-hybridized carbons (Fsp3) is 0.480. The molecule has 0 N–H and O–H groups in total. The van der Waals surface area contributed by atoms with Gasteiger partial charge >= 0.3 is 0 Å². The molecule has 0 bridgehead atoms. The number of hydrogen-bond donors (Lipinski definition) is 0. The molecule has 1 saturated heterocycles. The van der Waals surface area contributed by atoms with Crippen LogP contribution < -0.4 is 14.4 Å². The molecular formula is C25H29N3O5. The molecule has 8 nitrogen and oxygen atoms in total. The van der Waals surface area contributed by atoms with Crippen LogP contribution in [0.3, 0.4) is 0 Å². The van der Waals surface area contributed by atoms with E-state index in [0.29, 0.717) is 38.2 Å². The largest absolute Gasteiger partial charge is 0.454 e. The van der Waals surface area contributed by atoms with E-state index in [-0.39, 0.29) is 35.3 Å². The van der Waals surface area contributed by atoms with Crippen LogP contribution in [0, 0.1) is 16.0 Å². The van der Waals surface area contributed by atoms with Gasteiger partial charge in [0.25, 0.3) is 5.69 Å². The molecule has 2 heterocycles. The van der Waals surface area contributed by atoms with Crippen LogP contribution in [0.4, 0.5) is 11.4 Å². The highest BCUT2D eigenvalue weighted by Gasteiger charge is 2.34. The third-order valence-electron chi connectivity index (χ3n) is 7.10. The average Bonchev–Trinajstić information content (AvgIpc) is 3.54. The molecule has 2 fully saturated rings. The van der Waals surface area contributed by atoms with Crippen LogP contribution in [0.1, 0.15) is 44.1 Å². The lowest BCUT2D eigenvalue weighted by Crippen LogP contribution is -2.45. The lowest BCUT2D eigenvalue weighted by atomic mass is 9.93. The number of anilines is 1. The van der Waals surface area contributed by atoms with Crippen molar-refractivity contribution < 1.29 is 19.2 Å². The van der Waals surface area contributed by atoms with Gasteiger partial charge < -0.3 is 19.3 Å². The fourth-order valence-electron chi connectivity index (χ4n) is 5.33. The fourth-order valence-corrected chi connectivity index (χ4v) is 5.33. The molecule has 0 atom stereocenters. The zero-order valence-electron chi connectivity index (χ0n) is 18.7. The van der Waals surface area contributed by atoms with Gasteiger partial charge in [-0.15, -0.1) is 0 Å². The topological polar surface area (TPSA) is 85.2 Å². The normalized spacial score (nSPS) is 18.5. The number of para-hydroxylation sites is 2. The van der Waals surface area contributed by atoms with Gasteiger partial charge in [0.05, 0.1) is 4.92 Å². The van der Waals surface area contributed by atoms with Crippen molar-refractivity contribution >= 4 is 17.3 Å². The molecule has 0 spiro atoms. The second-order valence-corrected chi connectivity index (χ2v) is 9.10. The molecule has 2 aliphatic heterocycles. The Morgan fingerprint density at radius 2 is 1.76 bits per heavy atom. The highest BCUT2D eigenvalue weighted by atomic mass is 16.7. The van der Waals surface area contributed by atoms with E-state index in [4.69, 9.17) is 9.47 Å². The van der Waals surface area contributed by atoms with E-state index < -0.39 is 0 Å². The summed E-state index contributed by atoms with van der Waals surface area (Å²) in [6.45, 7) is 2.10. The van der Waals surface area contributed by atoms with E-state index in [1.54, 1.807) is 18.2 Å². The first kappa shape index (κ1) is 21.6. The Morgan fingerprint density at radius 3 is 2.52 bits per heavy atom. The Bertz CT molecular complexity index is 1030. The van der Waals surface area contributed by atoms with Crippen molar-refractivity contribution in [1.29, 1.82) is 0 Å². The summed E-state index contributed by atoms with van der Waals surface area (Å²) in [7, 11) is 0. The van der Waals surface area contributed by atoms with Gasteiger partial charge in [0.1, 0.15) is 5.69 Å². The summed E-state index contributed by atoms with van der Waals surface area (Å²) in [5.41, 5.74) is 1.82. The van der Waals surface area contributed by atoms with Crippen LogP contribution in [0.2, 0.25) is 0 Å². The summed E-state index contributed by atoms with van der Waals surface area (Å²) in [6.07, 6.45) is 5.82. The second-order valence-electron chi connectivity index (χ2n) is 9.10. The molecular weight excluding hydrogens is 422 g/mol. The Hall–Kier alpha value is -3.29. The molecule has 0 radical (unpaired) electrons. The van der Waals surface area contributed by atoms with E-state index in [9.17, 15) is 14.9 Å². The highest BCUT2D eigenvalue weighted by molar-refractivity contribution is 5.80. The summed E-state index contributed by atoms with van der Waals surface area (Å²) in [5.74, 6) is 1.64. The first-order valence-corrected chi connectivity index (χ1v) is 11.8. The summed E-state index contributed by atoms with van der Waals surface area (Å²) in [5, 5.41) is 11.4. The molecule has 5 rings (SSSR count). The van der Waals surface area contributed by atoms with Crippen molar-refractivity contribution in [3.8, 4) is 11.5 Å². The minimum atomic E-state index is -0.334. The molecule has 2 aromatic rings. The number of carbonyl (C=O) groups excluding carboxylic acids is 1. The van der Waals surface area contributed by atoms with Gasteiger partial charge in [0.15, 0.2) is 11.5 Å². The number of nitro benzene ring substituents is 1. The van der Waals surface area contributed by atoms with E-state index in [1.165, 1.54) is 0 Å². The van der Waals surface area contributed by atoms with E-state index in [2.05, 4.69) is 4.90 Å². The minimum absolute atomic E-state index is 0.0568. The predicted octanol–water partition coefficient (Wildman–Crippen LogP) is 4.51. The van der Waals surface area contributed by atoms with Crippen LogP contribution in [0.25, 0.3) is 0 Å². The Morgan fingerprint density at radius 1 is 1.03 bits per heavy atom. The molecule has 33 heavy (non-hydrogen) atoms. The minimum Gasteiger partial charge on any atom is -0.454 e. The maximum absolute atomic E-state index is 13.7. The smallest absolute Gasteiger partial charge is 0.292 e. The highest BCUT2D eigenvalue weighted by Crippen LogP contribution is 2.36. The van der Waals surface area contributed by atoms with E-state index >= 15 is 0 Å². The number of ether oxygens (including phenoxy) is 2. The van der Waals surface area contributed by atoms with Crippen LogP contribution in [0.5, 0.6) is 11.5 Å². The van der Waals surface area contributed by atoms with Crippen LogP contribution in [-0.4, -0.2) is 41.7 Å². The first-order chi connectivity index (χ1) is 16.1. The number of benzene rings is 2. The number of rotatable bonds is 6. The summed E-state index contributed by atoms with van der Waals surface area (Å²) in [6, 6.07) is 13.0. The van der Waals surface area contributed by atoms with Gasteiger partial charge in [-0.3, -0.25) is 14.9 Å². The lowest BCUT2D eigenvalue weighted by Gasteiger charge is -2.37. The Kier molecular flexibility index (Phi) is 6.07. The molecule has 174 valence electrons. The van der Waals surface area contributed by atoms with Gasteiger partial charge in [-0.1, -0.05) is 31.0 Å². The number of nitro groups is 1. The number of amides is 1. The van der Waals surface area contributed by atoms with Crippen LogP contribution in [-0.2, 0) is 11.3 Å². The Labute approximate surface area is 193 Å². The number of fused-ring (bicyclic) bond motifs is 1. The summed E-state index contributed by atoms with van der Waals surface area (Å²) < 4.78 is 10.9. The number of carbonyl (C=O) groups is 1. The van der Waals surface area contributed by atoms with Crippen LogP contribution in [0.15, 0.2) is 42.5 Å². The standard InChI is InChI=1S/C25H29N3O5/c29-25(19-11-13-26(14-12-19)21-7-3-4-8-22(21)28(30)31)27(20-5-1-2-6-20)16-18-9-10-23-24(15-18)33-17-32-23/h3-4,7-10,15,19-20H,1-2,5-6,11-14,16-17H2. The quantitative estimate of drug-likeness (QED) is 0.475. The molecule has 2 aromatic carbocycles. The van der Waals surface area contributed by atoms with Crippen molar-refractivity contribution in [3.05, 3.63) is 58.1 Å². The Balaban J connectivity index is 1.28. The number of nitrogens with zero attached hydrogens (tertiary/aromatic N) is 3. The maximum atomic E-state index is 13.7. The predicted molar refractivity (Wildman–Crippen MR) is 123 cm³/mol. The van der Waals surface area contributed by atoms with E-state index in [0.717, 1.165) is 42.7 Å². The second kappa shape index (κ2) is 9.29. The molecule has 1 amide bonds. The molecule has 3 aliphatic rings. The molecule has 1 aliphatic carbocycles. The van der Waals surface area contributed by atoms with Gasteiger partial charge in [-0.2, -0.15) is 0 Å². The SMILES string of the molecule is O=C(C1CCN(c2ccccc2[N+](=O)[O-])CC1)N(Cc1ccc2c(c1)OCO2)C1CCCC1. The zero-order chi connectivity index (χ0) is 22.8. The molecule has 1 saturated carbocycles. The molecule has 0 unspecified atom stereocenters.